The predicted octanol–water partition coefficient (Wildman–Crippen LogP) is 4.16. The summed E-state index contributed by atoms with van der Waals surface area (Å²) in [4.78, 5) is 21.1. The molecule has 7 heteroatoms. The number of carbonyl (C=O) groups is 1. The lowest BCUT2D eigenvalue weighted by atomic mass is 10.1. The molecule has 0 aliphatic carbocycles. The molecule has 0 radical (unpaired) electrons. The van der Waals surface area contributed by atoms with Crippen molar-refractivity contribution in [2.24, 2.45) is 0 Å². The van der Waals surface area contributed by atoms with Gasteiger partial charge in [-0.3, -0.25) is 4.79 Å². The molecule has 3 aromatic carbocycles. The number of hydrogen-bond donors (Lipinski definition) is 2. The van der Waals surface area contributed by atoms with Crippen LogP contribution in [0.25, 0.3) is 22.7 Å². The summed E-state index contributed by atoms with van der Waals surface area (Å²) < 4.78 is 16.1. The number of ether oxygens (including phenoxy) is 3. The monoisotopic (exact) mass is 427 g/mol. The SMILES string of the molecule is COc1cccc(/C=C(/C(=O)NCc2ccc3c(c2)OCO3)c2nc3ccccc3[nH]2)c1. The van der Waals surface area contributed by atoms with Gasteiger partial charge < -0.3 is 24.5 Å². The van der Waals surface area contributed by atoms with Gasteiger partial charge in [-0.05, 0) is 53.6 Å². The molecule has 2 N–H and O–H groups in total. The first kappa shape index (κ1) is 19.7. The third-order valence-electron chi connectivity index (χ3n) is 5.18. The van der Waals surface area contributed by atoms with E-state index in [1.807, 2.05) is 66.7 Å². The minimum absolute atomic E-state index is 0.213. The second-order valence-corrected chi connectivity index (χ2v) is 7.31. The summed E-state index contributed by atoms with van der Waals surface area (Å²) in [6.45, 7) is 0.551. The normalized spacial score (nSPS) is 12.7. The van der Waals surface area contributed by atoms with Crippen molar-refractivity contribution in [3.8, 4) is 17.2 Å². The summed E-state index contributed by atoms with van der Waals surface area (Å²) in [5, 5.41) is 2.99. The Balaban J connectivity index is 1.45. The van der Waals surface area contributed by atoms with Crippen LogP contribution in [0, 0.1) is 0 Å². The van der Waals surface area contributed by atoms with E-state index in [1.54, 1.807) is 13.2 Å². The van der Waals surface area contributed by atoms with Crippen LogP contribution in [0.4, 0.5) is 0 Å². The van der Waals surface area contributed by atoms with Crippen molar-refractivity contribution in [1.82, 2.24) is 15.3 Å². The standard InChI is InChI=1S/C25H21N3O4/c1-30-18-6-4-5-16(11-18)12-19(24-27-20-7-2-3-8-21(20)28-24)25(29)26-14-17-9-10-22-23(13-17)32-15-31-22/h2-13H,14-15H2,1H3,(H,26,29)(H,27,28)/b19-12+. The number of hydrogen-bond acceptors (Lipinski definition) is 5. The molecule has 0 fully saturated rings. The number of nitrogens with one attached hydrogen (secondary N) is 2. The van der Waals surface area contributed by atoms with E-state index < -0.39 is 0 Å². The fourth-order valence-corrected chi connectivity index (χ4v) is 3.55. The summed E-state index contributed by atoms with van der Waals surface area (Å²) in [5.74, 6) is 2.35. The molecule has 160 valence electrons. The molecule has 0 saturated carbocycles. The Hall–Kier alpha value is -4.26. The molecule has 1 aliphatic heterocycles. The Morgan fingerprint density at radius 2 is 1.97 bits per heavy atom. The zero-order valence-corrected chi connectivity index (χ0v) is 17.4. The molecular weight excluding hydrogens is 406 g/mol. The average molecular weight is 427 g/mol. The molecule has 2 heterocycles. The number of benzene rings is 3. The van der Waals surface area contributed by atoms with Gasteiger partial charge in [0.25, 0.3) is 5.91 Å². The average Bonchev–Trinajstić information content (AvgIpc) is 3.47. The second-order valence-electron chi connectivity index (χ2n) is 7.31. The van der Waals surface area contributed by atoms with Gasteiger partial charge in [0, 0.05) is 6.54 Å². The van der Waals surface area contributed by atoms with Gasteiger partial charge in [0.15, 0.2) is 11.5 Å². The Kier molecular flexibility index (Phi) is 5.21. The highest BCUT2D eigenvalue weighted by Gasteiger charge is 2.18. The smallest absolute Gasteiger partial charge is 0.255 e. The number of fused-ring (bicyclic) bond motifs is 2. The molecule has 0 atom stereocenters. The van der Waals surface area contributed by atoms with Gasteiger partial charge >= 0.3 is 0 Å². The third-order valence-corrected chi connectivity index (χ3v) is 5.18. The molecule has 4 aromatic rings. The van der Waals surface area contributed by atoms with Gasteiger partial charge in [-0.1, -0.05) is 30.3 Å². The van der Waals surface area contributed by atoms with Crippen LogP contribution in [0.2, 0.25) is 0 Å². The van der Waals surface area contributed by atoms with Crippen LogP contribution in [0.15, 0.2) is 66.7 Å². The van der Waals surface area contributed by atoms with Crippen molar-refractivity contribution in [2.75, 3.05) is 13.9 Å². The molecule has 0 unspecified atom stereocenters. The highest BCUT2D eigenvalue weighted by molar-refractivity contribution is 6.23. The van der Waals surface area contributed by atoms with Crippen molar-refractivity contribution in [1.29, 1.82) is 0 Å². The molecule has 0 spiro atoms. The molecule has 1 aliphatic rings. The molecular formula is C25H21N3O4. The van der Waals surface area contributed by atoms with Gasteiger partial charge in [0.2, 0.25) is 6.79 Å². The van der Waals surface area contributed by atoms with Crippen molar-refractivity contribution in [3.05, 3.63) is 83.7 Å². The largest absolute Gasteiger partial charge is 0.497 e. The van der Waals surface area contributed by atoms with Gasteiger partial charge in [0.1, 0.15) is 11.6 Å². The Morgan fingerprint density at radius 1 is 1.09 bits per heavy atom. The Labute approximate surface area is 184 Å². The quantitative estimate of drug-likeness (QED) is 0.452. The van der Waals surface area contributed by atoms with Crippen LogP contribution in [0.1, 0.15) is 17.0 Å². The number of carbonyl (C=O) groups excluding carboxylic acids is 1. The fourth-order valence-electron chi connectivity index (χ4n) is 3.55. The lowest BCUT2D eigenvalue weighted by molar-refractivity contribution is -0.115. The second kappa shape index (κ2) is 8.47. The number of H-pyrrole nitrogens is 1. The first-order valence-electron chi connectivity index (χ1n) is 10.2. The van der Waals surface area contributed by atoms with Crippen molar-refractivity contribution in [3.63, 3.8) is 0 Å². The van der Waals surface area contributed by atoms with Gasteiger partial charge in [-0.25, -0.2) is 4.98 Å². The van der Waals surface area contributed by atoms with Crippen LogP contribution in [0.3, 0.4) is 0 Å². The van der Waals surface area contributed by atoms with Crippen LogP contribution < -0.4 is 19.5 Å². The van der Waals surface area contributed by atoms with E-state index in [-0.39, 0.29) is 12.7 Å². The van der Waals surface area contributed by atoms with Crippen molar-refractivity contribution >= 4 is 28.6 Å². The predicted molar refractivity (Wildman–Crippen MR) is 121 cm³/mol. The molecule has 0 saturated heterocycles. The van der Waals surface area contributed by atoms with Crippen molar-refractivity contribution in [2.45, 2.75) is 6.54 Å². The van der Waals surface area contributed by atoms with Gasteiger partial charge in [0.05, 0.1) is 23.7 Å². The number of amides is 1. The van der Waals surface area contributed by atoms with E-state index in [2.05, 4.69) is 15.3 Å². The topological polar surface area (TPSA) is 85.5 Å². The Morgan fingerprint density at radius 3 is 2.84 bits per heavy atom. The number of nitrogens with zero attached hydrogens (tertiary/aromatic N) is 1. The zero-order chi connectivity index (χ0) is 21.9. The number of aromatic amines is 1. The molecule has 0 bridgehead atoms. The van der Waals surface area contributed by atoms with Crippen LogP contribution in [-0.2, 0) is 11.3 Å². The Bertz CT molecular complexity index is 1290. The van der Waals surface area contributed by atoms with E-state index in [0.717, 1.165) is 22.2 Å². The number of aromatic nitrogens is 2. The first-order valence-corrected chi connectivity index (χ1v) is 10.2. The minimum Gasteiger partial charge on any atom is -0.497 e. The fraction of sp³-hybridized carbons (Fsp3) is 0.120. The highest BCUT2D eigenvalue weighted by atomic mass is 16.7. The van der Waals surface area contributed by atoms with Gasteiger partial charge in [-0.15, -0.1) is 0 Å². The van der Waals surface area contributed by atoms with E-state index in [0.29, 0.717) is 35.2 Å². The summed E-state index contributed by atoms with van der Waals surface area (Å²) in [6.07, 6.45) is 1.80. The highest BCUT2D eigenvalue weighted by Crippen LogP contribution is 2.32. The van der Waals surface area contributed by atoms with Crippen molar-refractivity contribution < 1.29 is 19.0 Å². The maximum Gasteiger partial charge on any atom is 0.255 e. The number of imidazole rings is 1. The number of rotatable bonds is 6. The molecule has 5 rings (SSSR count). The lowest BCUT2D eigenvalue weighted by Gasteiger charge is -2.09. The summed E-state index contributed by atoms with van der Waals surface area (Å²) in [5.41, 5.74) is 3.83. The molecule has 32 heavy (non-hydrogen) atoms. The first-order chi connectivity index (χ1) is 15.7. The van der Waals surface area contributed by atoms with E-state index in [9.17, 15) is 4.79 Å². The number of methoxy groups -OCH3 is 1. The lowest BCUT2D eigenvalue weighted by Crippen LogP contribution is -2.24. The minimum atomic E-state index is -0.246. The van der Waals surface area contributed by atoms with Crippen LogP contribution in [-0.4, -0.2) is 29.8 Å². The third kappa shape index (κ3) is 4.00. The molecule has 1 amide bonds. The summed E-state index contributed by atoms with van der Waals surface area (Å²) in [7, 11) is 1.61. The summed E-state index contributed by atoms with van der Waals surface area (Å²) >= 11 is 0. The maximum absolute atomic E-state index is 13.3. The maximum atomic E-state index is 13.3. The van der Waals surface area contributed by atoms with E-state index in [4.69, 9.17) is 14.2 Å². The summed E-state index contributed by atoms with van der Waals surface area (Å²) in [6, 6.07) is 20.8. The molecule has 1 aromatic heterocycles. The van der Waals surface area contributed by atoms with Crippen LogP contribution in [0.5, 0.6) is 17.2 Å². The molecule has 7 nitrogen and oxygen atoms in total. The van der Waals surface area contributed by atoms with Gasteiger partial charge in [-0.2, -0.15) is 0 Å². The van der Waals surface area contributed by atoms with E-state index in [1.165, 1.54) is 0 Å². The van der Waals surface area contributed by atoms with E-state index >= 15 is 0 Å². The number of para-hydroxylation sites is 2. The van der Waals surface area contributed by atoms with Crippen LogP contribution >= 0.6 is 0 Å². The zero-order valence-electron chi connectivity index (χ0n) is 17.4.